The molecule has 5 N–H and O–H groups in total. The van der Waals surface area contributed by atoms with Crippen molar-refractivity contribution in [3.63, 3.8) is 0 Å². The van der Waals surface area contributed by atoms with Crippen LogP contribution >= 0.6 is 0 Å². The van der Waals surface area contributed by atoms with Crippen LogP contribution in [0.5, 0.6) is 0 Å². The van der Waals surface area contributed by atoms with Gasteiger partial charge in [0.25, 0.3) is 11.8 Å². The predicted octanol–water partition coefficient (Wildman–Crippen LogP) is 3.20. The first-order chi connectivity index (χ1) is 17.7. The second-order valence-electron chi connectivity index (χ2n) is 9.04. The zero-order valence-electron chi connectivity index (χ0n) is 21.0. The van der Waals surface area contributed by atoms with Gasteiger partial charge in [-0.15, -0.1) is 0 Å². The number of aryl methyl sites for hydroxylation is 1. The molecule has 192 valence electrons. The van der Waals surface area contributed by atoms with E-state index in [-0.39, 0.29) is 23.4 Å². The standard InChI is InChI=1S/C27H31N7O3/c1-4-18-12-13-30-22(15-18)31-27(37)20-10-8-19(9-11-20)23-24(25(28)36)34(29)26(32-23)21-7-5-6-14-33(21)16(2)17(3)35/h8-13,15,21H,2,4-7,14,29H2,1,3H3,(H2,28,36)(H,30,31,37)/t21-/m0/s1. The van der Waals surface area contributed by atoms with Crippen molar-refractivity contribution >= 4 is 23.4 Å². The van der Waals surface area contributed by atoms with Crippen molar-refractivity contribution in [2.24, 2.45) is 5.73 Å². The number of piperidine rings is 1. The predicted molar refractivity (Wildman–Crippen MR) is 141 cm³/mol. The fraction of sp³-hybridized carbons (Fsp3) is 0.296. The Morgan fingerprint density at radius 2 is 1.89 bits per heavy atom. The summed E-state index contributed by atoms with van der Waals surface area (Å²) in [5, 5.41) is 2.80. The molecule has 0 aliphatic carbocycles. The molecule has 3 heterocycles. The molecular weight excluding hydrogens is 470 g/mol. The number of ketones is 1. The summed E-state index contributed by atoms with van der Waals surface area (Å²) in [5.74, 6) is 6.06. The third-order valence-electron chi connectivity index (χ3n) is 6.62. The number of nitrogen functional groups attached to an aromatic ring is 1. The summed E-state index contributed by atoms with van der Waals surface area (Å²) in [6.07, 6.45) is 5.01. The van der Waals surface area contributed by atoms with Gasteiger partial charge in [0, 0.05) is 30.8 Å². The number of allylic oxidation sites excluding steroid dienone is 1. The Hall–Kier alpha value is -4.47. The average Bonchev–Trinajstić information content (AvgIpc) is 3.25. The number of carbonyl (C=O) groups is 3. The van der Waals surface area contributed by atoms with Gasteiger partial charge >= 0.3 is 0 Å². The van der Waals surface area contributed by atoms with Crippen molar-refractivity contribution in [1.82, 2.24) is 19.5 Å². The molecule has 1 aromatic carbocycles. The Balaban J connectivity index is 1.64. The molecular formula is C27H31N7O3. The van der Waals surface area contributed by atoms with E-state index in [2.05, 4.69) is 16.9 Å². The van der Waals surface area contributed by atoms with Gasteiger partial charge in [-0.25, -0.2) is 14.6 Å². The van der Waals surface area contributed by atoms with Gasteiger partial charge in [0.05, 0.1) is 11.7 Å². The lowest BCUT2D eigenvalue weighted by Crippen LogP contribution is -2.37. The number of Topliss-reactive ketones (excluding diaryl/α,β-unsaturated/α-hetero) is 1. The molecule has 10 nitrogen and oxygen atoms in total. The van der Waals surface area contributed by atoms with E-state index in [4.69, 9.17) is 16.6 Å². The number of anilines is 1. The number of hydrogen-bond donors (Lipinski definition) is 3. The maximum atomic E-state index is 12.8. The van der Waals surface area contributed by atoms with Crippen molar-refractivity contribution in [2.75, 3.05) is 17.7 Å². The van der Waals surface area contributed by atoms with E-state index in [1.165, 1.54) is 11.6 Å². The van der Waals surface area contributed by atoms with E-state index in [1.807, 2.05) is 24.0 Å². The first-order valence-corrected chi connectivity index (χ1v) is 12.2. The number of imidazole rings is 1. The van der Waals surface area contributed by atoms with Crippen molar-refractivity contribution < 1.29 is 14.4 Å². The smallest absolute Gasteiger partial charge is 0.269 e. The van der Waals surface area contributed by atoms with Crippen molar-refractivity contribution in [1.29, 1.82) is 0 Å². The summed E-state index contributed by atoms with van der Waals surface area (Å²) in [6, 6.07) is 10.1. The zero-order valence-corrected chi connectivity index (χ0v) is 21.0. The highest BCUT2D eigenvalue weighted by molar-refractivity contribution is 6.04. The molecule has 1 fully saturated rings. The fourth-order valence-corrected chi connectivity index (χ4v) is 4.58. The normalized spacial score (nSPS) is 15.3. The van der Waals surface area contributed by atoms with E-state index >= 15 is 0 Å². The maximum Gasteiger partial charge on any atom is 0.269 e. The highest BCUT2D eigenvalue weighted by atomic mass is 16.2. The molecule has 2 aromatic heterocycles. The van der Waals surface area contributed by atoms with E-state index < -0.39 is 5.91 Å². The molecule has 2 amide bonds. The molecule has 0 spiro atoms. The number of likely N-dealkylation sites (tertiary alicyclic amines) is 1. The molecule has 3 aromatic rings. The minimum atomic E-state index is -0.729. The number of aromatic nitrogens is 3. The molecule has 4 rings (SSSR count). The number of pyridine rings is 1. The van der Waals surface area contributed by atoms with Crippen LogP contribution in [0.2, 0.25) is 0 Å². The molecule has 1 atom stereocenters. The van der Waals surface area contributed by atoms with Gasteiger partial charge in [0.15, 0.2) is 17.3 Å². The summed E-state index contributed by atoms with van der Waals surface area (Å²) >= 11 is 0. The second-order valence-corrected chi connectivity index (χ2v) is 9.04. The van der Waals surface area contributed by atoms with E-state index in [1.54, 1.807) is 30.5 Å². The third kappa shape index (κ3) is 5.23. The quantitative estimate of drug-likeness (QED) is 0.317. The van der Waals surface area contributed by atoms with Gasteiger partial charge in [-0.2, -0.15) is 0 Å². The van der Waals surface area contributed by atoms with Crippen molar-refractivity contribution in [2.45, 2.75) is 45.6 Å². The Morgan fingerprint density at radius 3 is 2.54 bits per heavy atom. The molecule has 1 saturated heterocycles. The summed E-state index contributed by atoms with van der Waals surface area (Å²) in [5.41, 5.74) is 8.49. The van der Waals surface area contributed by atoms with E-state index in [0.29, 0.717) is 47.1 Å². The topological polar surface area (TPSA) is 149 Å². The summed E-state index contributed by atoms with van der Waals surface area (Å²) < 4.78 is 1.21. The average molecular weight is 502 g/mol. The van der Waals surface area contributed by atoms with Gasteiger partial charge in [0.2, 0.25) is 0 Å². The summed E-state index contributed by atoms with van der Waals surface area (Å²) in [4.78, 5) is 48.0. The number of primary amides is 1. The molecule has 37 heavy (non-hydrogen) atoms. The number of amides is 2. The molecule has 0 saturated carbocycles. The van der Waals surface area contributed by atoms with Gasteiger partial charge in [0.1, 0.15) is 11.5 Å². The third-order valence-corrected chi connectivity index (χ3v) is 6.62. The summed E-state index contributed by atoms with van der Waals surface area (Å²) in [6.45, 7) is 8.07. The molecule has 0 radical (unpaired) electrons. The van der Waals surface area contributed by atoms with Crippen LogP contribution in [0.25, 0.3) is 11.3 Å². The van der Waals surface area contributed by atoms with Gasteiger partial charge in [-0.1, -0.05) is 25.6 Å². The van der Waals surface area contributed by atoms with E-state index in [9.17, 15) is 14.4 Å². The second kappa shape index (κ2) is 10.7. The Morgan fingerprint density at radius 1 is 1.16 bits per heavy atom. The minimum Gasteiger partial charge on any atom is -0.364 e. The molecule has 1 aliphatic heterocycles. The highest BCUT2D eigenvalue weighted by Gasteiger charge is 2.33. The van der Waals surface area contributed by atoms with E-state index in [0.717, 1.165) is 24.8 Å². The number of rotatable bonds is 8. The van der Waals surface area contributed by atoms with Crippen molar-refractivity contribution in [3.05, 3.63) is 77.5 Å². The number of nitrogens with two attached hydrogens (primary N) is 2. The zero-order chi connectivity index (χ0) is 26.7. The number of carbonyl (C=O) groups excluding carboxylic acids is 3. The number of benzene rings is 1. The lowest BCUT2D eigenvalue weighted by atomic mass is 10.00. The maximum absolute atomic E-state index is 12.8. The SMILES string of the molecule is C=C(C(C)=O)N1CCCC[C@H]1c1nc(-c2ccc(C(=O)Nc3cc(CC)ccn3)cc2)c(C(N)=O)n1N. The first-order valence-electron chi connectivity index (χ1n) is 12.2. The fourth-order valence-electron chi connectivity index (χ4n) is 4.58. The number of nitrogens with one attached hydrogen (secondary N) is 1. The van der Waals surface area contributed by atoms with Crippen LogP contribution in [0.3, 0.4) is 0 Å². The van der Waals surface area contributed by atoms with Gasteiger partial charge < -0.3 is 21.8 Å². The lowest BCUT2D eigenvalue weighted by Gasteiger charge is -2.37. The van der Waals surface area contributed by atoms with Crippen LogP contribution in [0, 0.1) is 0 Å². The van der Waals surface area contributed by atoms with Crippen LogP contribution in [0.15, 0.2) is 54.9 Å². The lowest BCUT2D eigenvalue weighted by molar-refractivity contribution is -0.115. The number of hydrogen-bond acceptors (Lipinski definition) is 7. The Bertz CT molecular complexity index is 1360. The van der Waals surface area contributed by atoms with Gasteiger partial charge in [-0.05, 0) is 55.5 Å². The van der Waals surface area contributed by atoms with Crippen LogP contribution < -0.4 is 16.9 Å². The monoisotopic (exact) mass is 501 g/mol. The van der Waals surface area contributed by atoms with Gasteiger partial charge in [-0.3, -0.25) is 14.4 Å². The van der Waals surface area contributed by atoms with Crippen molar-refractivity contribution in [3.8, 4) is 11.3 Å². The van der Waals surface area contributed by atoms with Crippen LogP contribution in [-0.4, -0.2) is 43.7 Å². The van der Waals surface area contributed by atoms with Crippen LogP contribution in [0.1, 0.15) is 71.4 Å². The van der Waals surface area contributed by atoms with Crippen LogP contribution in [-0.2, 0) is 11.2 Å². The highest BCUT2D eigenvalue weighted by Crippen LogP contribution is 2.35. The largest absolute Gasteiger partial charge is 0.364 e. The first kappa shape index (κ1) is 25.6. The number of nitrogens with zero attached hydrogens (tertiary/aromatic N) is 4. The Labute approximate surface area is 215 Å². The molecule has 10 heteroatoms. The minimum absolute atomic E-state index is 0.0479. The molecule has 1 aliphatic rings. The van der Waals surface area contributed by atoms with Crippen LogP contribution in [0.4, 0.5) is 5.82 Å². The molecule has 0 bridgehead atoms. The Kier molecular flexibility index (Phi) is 7.37. The molecule has 0 unspecified atom stereocenters. The summed E-state index contributed by atoms with van der Waals surface area (Å²) in [7, 11) is 0.